The van der Waals surface area contributed by atoms with Crippen LogP contribution < -0.4 is 10.6 Å². The van der Waals surface area contributed by atoms with Crippen molar-refractivity contribution in [3.8, 4) is 0 Å². The molecule has 10 heteroatoms. The smallest absolute Gasteiger partial charge is 0.318 e. The quantitative estimate of drug-likeness (QED) is 0.400. The summed E-state index contributed by atoms with van der Waals surface area (Å²) in [6.45, 7) is 4.77. The van der Waals surface area contributed by atoms with Gasteiger partial charge in [-0.05, 0) is 44.4 Å². The highest BCUT2D eigenvalue weighted by Gasteiger charge is 2.30. The number of nitrogens with one attached hydrogen (secondary N) is 2. The number of hydrogen-bond donors (Lipinski definition) is 3. The third-order valence-electron chi connectivity index (χ3n) is 6.09. The Balaban J connectivity index is 1.78. The summed E-state index contributed by atoms with van der Waals surface area (Å²) >= 11 is 0. The zero-order valence-electron chi connectivity index (χ0n) is 21.9. The summed E-state index contributed by atoms with van der Waals surface area (Å²) in [6.07, 6.45) is 2.47. The third kappa shape index (κ3) is 9.59. The van der Waals surface area contributed by atoms with Crippen molar-refractivity contribution in [3.05, 3.63) is 77.7 Å². The first-order valence-corrected chi connectivity index (χ1v) is 14.3. The second kappa shape index (κ2) is 13.5. The number of morpholine rings is 1. The molecule has 1 saturated heterocycles. The van der Waals surface area contributed by atoms with Crippen LogP contribution in [0, 0.1) is 0 Å². The van der Waals surface area contributed by atoms with Crippen molar-refractivity contribution in [1.82, 2.24) is 15.5 Å². The predicted molar refractivity (Wildman–Crippen MR) is 145 cm³/mol. The zero-order valence-corrected chi connectivity index (χ0v) is 22.7. The monoisotopic (exact) mass is 543 g/mol. The first-order valence-electron chi connectivity index (χ1n) is 12.7. The summed E-state index contributed by atoms with van der Waals surface area (Å²) in [5, 5.41) is 17.2. The van der Waals surface area contributed by atoms with Crippen molar-refractivity contribution in [1.29, 1.82) is 0 Å². The van der Waals surface area contributed by atoms with Crippen molar-refractivity contribution < 1.29 is 27.9 Å². The Labute approximate surface area is 224 Å². The summed E-state index contributed by atoms with van der Waals surface area (Å²) < 4.78 is 31.0. The van der Waals surface area contributed by atoms with Gasteiger partial charge in [0.2, 0.25) is 5.91 Å². The molecule has 3 rings (SSSR count). The van der Waals surface area contributed by atoms with Crippen molar-refractivity contribution >= 4 is 21.8 Å². The molecule has 1 aliphatic rings. The van der Waals surface area contributed by atoms with Crippen LogP contribution >= 0.6 is 0 Å². The molecule has 2 aromatic rings. The van der Waals surface area contributed by atoms with Gasteiger partial charge in [0.25, 0.3) is 0 Å². The van der Waals surface area contributed by atoms with Gasteiger partial charge in [-0.25, -0.2) is 13.2 Å². The lowest BCUT2D eigenvalue weighted by Gasteiger charge is -2.31. The van der Waals surface area contributed by atoms with E-state index >= 15 is 0 Å². The number of aliphatic hydroxyl groups is 1. The number of rotatable bonds is 11. The number of urea groups is 1. The van der Waals surface area contributed by atoms with Crippen molar-refractivity contribution in [2.45, 2.75) is 55.7 Å². The Hall–Kier alpha value is -3.21. The molecule has 38 heavy (non-hydrogen) atoms. The maximum Gasteiger partial charge on any atom is 0.318 e. The second-order valence-corrected chi connectivity index (χ2v) is 11.8. The molecule has 0 saturated carbocycles. The number of hydrogen-bond acceptors (Lipinski definition) is 6. The summed E-state index contributed by atoms with van der Waals surface area (Å²) in [4.78, 5) is 27.9. The number of aryl methyl sites for hydroxylation is 1. The zero-order chi connectivity index (χ0) is 27.6. The van der Waals surface area contributed by atoms with E-state index in [9.17, 15) is 23.1 Å². The molecule has 0 unspecified atom stereocenters. The SMILES string of the molecule is CC(C)(O)C[C@H](NC(=O)N1CCOCC1)C(=O)N[C@H](C=CS(=O)(=O)c1ccccc1)CCc1ccccc1. The Bertz CT molecular complexity index is 1170. The molecule has 0 bridgehead atoms. The van der Waals surface area contributed by atoms with E-state index in [4.69, 9.17) is 4.74 Å². The van der Waals surface area contributed by atoms with E-state index < -0.39 is 39.5 Å². The van der Waals surface area contributed by atoms with Crippen molar-refractivity contribution in [2.75, 3.05) is 26.3 Å². The van der Waals surface area contributed by atoms with E-state index in [1.165, 1.54) is 18.2 Å². The number of amides is 3. The lowest BCUT2D eigenvalue weighted by Crippen LogP contribution is -2.56. The van der Waals surface area contributed by atoms with Gasteiger partial charge in [-0.2, -0.15) is 0 Å². The summed E-state index contributed by atoms with van der Waals surface area (Å²) in [5.74, 6) is -0.506. The minimum Gasteiger partial charge on any atom is -0.390 e. The predicted octanol–water partition coefficient (Wildman–Crippen LogP) is 2.66. The Morgan fingerprint density at radius 3 is 2.24 bits per heavy atom. The topological polar surface area (TPSA) is 125 Å². The molecule has 2 aromatic carbocycles. The average molecular weight is 544 g/mol. The standard InChI is InChI=1S/C28H37N3O6S/c1-28(2,34)21-25(30-27(33)31-16-18-37-19-17-31)26(32)29-23(14-13-22-9-5-3-6-10-22)15-20-38(35,36)24-11-7-4-8-12-24/h3-12,15,20,23,25,34H,13-14,16-19,21H2,1-2H3,(H,29,32)(H,30,33)/t23-,25-/m0/s1. The molecule has 1 heterocycles. The number of sulfone groups is 1. The minimum atomic E-state index is -3.72. The minimum absolute atomic E-state index is 0.0215. The van der Waals surface area contributed by atoms with Gasteiger partial charge >= 0.3 is 6.03 Å². The number of ether oxygens (including phenoxy) is 1. The largest absolute Gasteiger partial charge is 0.390 e. The van der Waals surface area contributed by atoms with Crippen LogP contribution in [-0.2, 0) is 25.8 Å². The van der Waals surface area contributed by atoms with Crippen molar-refractivity contribution in [2.24, 2.45) is 0 Å². The molecule has 206 valence electrons. The Morgan fingerprint density at radius 1 is 1.03 bits per heavy atom. The van der Waals surface area contributed by atoms with Gasteiger partial charge in [0, 0.05) is 31.0 Å². The molecule has 2 atom stereocenters. The van der Waals surface area contributed by atoms with Crippen LogP contribution in [0.15, 0.2) is 77.0 Å². The van der Waals surface area contributed by atoms with Gasteiger partial charge in [0.05, 0.1) is 23.7 Å². The maximum atomic E-state index is 13.4. The molecule has 1 aliphatic heterocycles. The normalized spacial score (nSPS) is 16.1. The molecule has 0 spiro atoms. The lowest BCUT2D eigenvalue weighted by atomic mass is 9.98. The van der Waals surface area contributed by atoms with Gasteiger partial charge in [-0.15, -0.1) is 0 Å². The molecule has 1 fully saturated rings. The number of carbonyl (C=O) groups excluding carboxylic acids is 2. The van der Waals surface area contributed by atoms with Gasteiger partial charge < -0.3 is 25.4 Å². The van der Waals surface area contributed by atoms with Crippen LogP contribution in [0.2, 0.25) is 0 Å². The molecule has 9 nitrogen and oxygen atoms in total. The fourth-order valence-corrected chi connectivity index (χ4v) is 5.16. The van der Waals surface area contributed by atoms with Gasteiger partial charge in [0.1, 0.15) is 6.04 Å². The summed E-state index contributed by atoms with van der Waals surface area (Å²) in [7, 11) is -3.72. The molecule has 3 N–H and O–H groups in total. The highest BCUT2D eigenvalue weighted by atomic mass is 32.2. The molecule has 0 aromatic heterocycles. The van der Waals surface area contributed by atoms with E-state index in [2.05, 4.69) is 10.6 Å². The summed E-state index contributed by atoms with van der Waals surface area (Å²) in [5.41, 5.74) is -0.188. The first-order chi connectivity index (χ1) is 18.0. The highest BCUT2D eigenvalue weighted by molar-refractivity contribution is 7.94. The van der Waals surface area contributed by atoms with Crippen LogP contribution in [-0.4, -0.2) is 74.4 Å². The fraction of sp³-hybridized carbons (Fsp3) is 0.429. The third-order valence-corrected chi connectivity index (χ3v) is 7.54. The first kappa shape index (κ1) is 29.3. The van der Waals surface area contributed by atoms with Crippen LogP contribution in [0.1, 0.15) is 32.3 Å². The number of carbonyl (C=O) groups is 2. The van der Waals surface area contributed by atoms with Crippen LogP contribution in [0.25, 0.3) is 0 Å². The van der Waals surface area contributed by atoms with Crippen molar-refractivity contribution in [3.63, 3.8) is 0 Å². The van der Waals surface area contributed by atoms with Gasteiger partial charge in [0.15, 0.2) is 9.84 Å². The Morgan fingerprint density at radius 2 is 1.63 bits per heavy atom. The highest BCUT2D eigenvalue weighted by Crippen LogP contribution is 2.15. The fourth-order valence-electron chi connectivity index (χ4n) is 4.07. The second-order valence-electron chi connectivity index (χ2n) is 9.94. The Kier molecular flexibility index (Phi) is 10.5. The van der Waals surface area contributed by atoms with Crippen LogP contribution in [0.4, 0.5) is 4.79 Å². The van der Waals surface area contributed by atoms with E-state index in [1.807, 2.05) is 30.3 Å². The van der Waals surface area contributed by atoms with Gasteiger partial charge in [-0.3, -0.25) is 4.79 Å². The van der Waals surface area contributed by atoms with E-state index in [-0.39, 0.29) is 11.3 Å². The molecular formula is C28H37N3O6S. The van der Waals surface area contributed by atoms with Crippen LogP contribution in [0.5, 0.6) is 0 Å². The maximum absolute atomic E-state index is 13.4. The molecule has 0 aliphatic carbocycles. The molecule has 3 amide bonds. The van der Waals surface area contributed by atoms with E-state index in [0.29, 0.717) is 39.1 Å². The number of benzene rings is 2. The molecular weight excluding hydrogens is 506 g/mol. The van der Waals surface area contributed by atoms with Crippen LogP contribution in [0.3, 0.4) is 0 Å². The number of nitrogens with zero attached hydrogens (tertiary/aromatic N) is 1. The van der Waals surface area contributed by atoms with E-state index in [0.717, 1.165) is 11.0 Å². The van der Waals surface area contributed by atoms with Gasteiger partial charge in [-0.1, -0.05) is 54.6 Å². The average Bonchev–Trinajstić information content (AvgIpc) is 2.90. The summed E-state index contributed by atoms with van der Waals surface area (Å²) in [6, 6.07) is 15.6. The lowest BCUT2D eigenvalue weighted by molar-refractivity contribution is -0.125. The van der Waals surface area contributed by atoms with E-state index in [1.54, 1.807) is 36.9 Å². The molecule has 0 radical (unpaired) electrons.